The summed E-state index contributed by atoms with van der Waals surface area (Å²) < 4.78 is 1.03. The lowest BCUT2D eigenvalue weighted by molar-refractivity contribution is 0.0895. The van der Waals surface area contributed by atoms with E-state index in [1.54, 1.807) is 0 Å². The van der Waals surface area contributed by atoms with Crippen LogP contribution >= 0.6 is 15.9 Å². The maximum absolute atomic E-state index is 13.3. The topological polar surface area (TPSA) is 17.1 Å². The maximum Gasteiger partial charge on any atom is 0.173 e. The molecule has 0 fully saturated rings. The zero-order valence-electron chi connectivity index (χ0n) is 13.6. The zero-order valence-corrected chi connectivity index (χ0v) is 15.2. The van der Waals surface area contributed by atoms with Crippen LogP contribution in [0.3, 0.4) is 0 Å². The number of benzene rings is 3. The van der Waals surface area contributed by atoms with Gasteiger partial charge in [0.05, 0.1) is 5.41 Å². The fourth-order valence-corrected chi connectivity index (χ4v) is 3.53. The average molecular weight is 379 g/mol. The van der Waals surface area contributed by atoms with Gasteiger partial charge in [-0.2, -0.15) is 0 Å². The van der Waals surface area contributed by atoms with Crippen molar-refractivity contribution in [3.8, 4) is 0 Å². The fourth-order valence-electron chi connectivity index (χ4n) is 3.08. The van der Waals surface area contributed by atoms with Gasteiger partial charge in [0.15, 0.2) is 5.78 Å². The molecule has 0 radical (unpaired) electrons. The number of hydrogen-bond donors (Lipinski definition) is 0. The van der Waals surface area contributed by atoms with Gasteiger partial charge in [-0.25, -0.2) is 0 Å². The van der Waals surface area contributed by atoms with Gasteiger partial charge < -0.3 is 0 Å². The summed E-state index contributed by atoms with van der Waals surface area (Å²) in [5.74, 6) is 0.147. The molecule has 1 unspecified atom stereocenters. The number of Topliss-reactive ketones (excluding diaryl/α,β-unsaturated/α-hetero) is 1. The van der Waals surface area contributed by atoms with E-state index < -0.39 is 5.41 Å². The Bertz CT molecular complexity index is 827. The van der Waals surface area contributed by atoms with Crippen molar-refractivity contribution in [1.82, 2.24) is 0 Å². The number of ketones is 1. The highest BCUT2D eigenvalue weighted by atomic mass is 79.9. The van der Waals surface area contributed by atoms with E-state index in [0.717, 1.165) is 21.2 Å². The third-order valence-corrected chi connectivity index (χ3v) is 4.89. The Morgan fingerprint density at radius 3 is 2.12 bits per heavy atom. The van der Waals surface area contributed by atoms with E-state index in [-0.39, 0.29) is 5.78 Å². The molecule has 0 saturated heterocycles. The van der Waals surface area contributed by atoms with E-state index in [0.29, 0.717) is 6.42 Å². The van der Waals surface area contributed by atoms with Gasteiger partial charge in [-0.1, -0.05) is 88.7 Å². The van der Waals surface area contributed by atoms with E-state index in [9.17, 15) is 4.79 Å². The number of hydrogen-bond acceptors (Lipinski definition) is 1. The van der Waals surface area contributed by atoms with Crippen molar-refractivity contribution in [1.29, 1.82) is 0 Å². The lowest BCUT2D eigenvalue weighted by Gasteiger charge is -2.29. The van der Waals surface area contributed by atoms with Crippen LogP contribution in [0.5, 0.6) is 0 Å². The quantitative estimate of drug-likeness (QED) is 0.510. The molecule has 1 nitrogen and oxygen atoms in total. The predicted octanol–water partition coefficient (Wildman–Crippen LogP) is 5.83. The Hall–Kier alpha value is -2.19. The van der Waals surface area contributed by atoms with Crippen molar-refractivity contribution < 1.29 is 4.79 Å². The summed E-state index contributed by atoms with van der Waals surface area (Å²) in [6.07, 6.45) is 0.657. The maximum atomic E-state index is 13.3. The average Bonchev–Trinajstić information content (AvgIpc) is 2.62. The second kappa shape index (κ2) is 7.14. The molecule has 24 heavy (non-hydrogen) atoms. The van der Waals surface area contributed by atoms with E-state index >= 15 is 0 Å². The molecule has 120 valence electrons. The van der Waals surface area contributed by atoms with E-state index in [1.807, 2.05) is 79.7 Å². The van der Waals surface area contributed by atoms with Crippen molar-refractivity contribution in [2.75, 3.05) is 0 Å². The van der Waals surface area contributed by atoms with Crippen molar-refractivity contribution in [3.05, 3.63) is 106 Å². The molecular formula is C22H19BrO. The number of halogens is 1. The molecule has 3 aromatic rings. The fraction of sp³-hybridized carbons (Fsp3) is 0.136. The molecular weight excluding hydrogens is 360 g/mol. The van der Waals surface area contributed by atoms with Gasteiger partial charge in [0.2, 0.25) is 0 Å². The lowest BCUT2D eigenvalue weighted by Crippen LogP contribution is -2.35. The zero-order chi connectivity index (χ0) is 17.0. The SMILES string of the molecule is CC(Cc1cccc(Br)c1)(C(=O)c1ccccc1)c1ccccc1. The number of rotatable bonds is 5. The van der Waals surface area contributed by atoms with E-state index in [2.05, 4.69) is 28.1 Å². The highest BCUT2D eigenvalue weighted by Crippen LogP contribution is 2.32. The van der Waals surface area contributed by atoms with Crippen LogP contribution < -0.4 is 0 Å². The summed E-state index contributed by atoms with van der Waals surface area (Å²) in [7, 11) is 0. The van der Waals surface area contributed by atoms with Crippen LogP contribution in [0.25, 0.3) is 0 Å². The second-order valence-electron chi connectivity index (χ2n) is 6.20. The molecule has 0 saturated carbocycles. The molecule has 0 spiro atoms. The minimum Gasteiger partial charge on any atom is -0.293 e. The summed E-state index contributed by atoms with van der Waals surface area (Å²) in [6, 6.07) is 27.8. The van der Waals surface area contributed by atoms with Gasteiger partial charge in [0, 0.05) is 10.0 Å². The molecule has 0 bridgehead atoms. The molecule has 0 aliphatic heterocycles. The van der Waals surface area contributed by atoms with Gasteiger partial charge in [0.1, 0.15) is 0 Å². The Labute approximate surface area is 151 Å². The molecule has 2 heteroatoms. The first-order chi connectivity index (χ1) is 11.6. The highest BCUT2D eigenvalue weighted by Gasteiger charge is 2.35. The lowest BCUT2D eigenvalue weighted by atomic mass is 9.72. The van der Waals surface area contributed by atoms with Crippen LogP contribution in [0.15, 0.2) is 89.4 Å². The summed E-state index contributed by atoms with van der Waals surface area (Å²) in [5.41, 5.74) is 2.32. The predicted molar refractivity (Wildman–Crippen MR) is 102 cm³/mol. The van der Waals surface area contributed by atoms with Crippen LogP contribution in [0, 0.1) is 0 Å². The number of carbonyl (C=O) groups is 1. The first-order valence-electron chi connectivity index (χ1n) is 7.99. The minimum atomic E-state index is -0.608. The first kappa shape index (κ1) is 16.7. The summed E-state index contributed by atoms with van der Waals surface area (Å²) in [6.45, 7) is 2.04. The van der Waals surface area contributed by atoms with Gasteiger partial charge in [-0.05, 0) is 36.6 Å². The van der Waals surface area contributed by atoms with Gasteiger partial charge in [-0.3, -0.25) is 4.79 Å². The molecule has 3 rings (SSSR count). The minimum absolute atomic E-state index is 0.147. The summed E-state index contributed by atoms with van der Waals surface area (Å²) in [4.78, 5) is 13.3. The standard InChI is InChI=1S/C22H19BrO/c1-22(19-12-6-3-7-13-19,16-17-9-8-14-20(23)15-17)21(24)18-10-4-2-5-11-18/h2-15H,16H2,1H3. The number of carbonyl (C=O) groups excluding carboxylic acids is 1. The van der Waals surface area contributed by atoms with Gasteiger partial charge in [-0.15, -0.1) is 0 Å². The third-order valence-electron chi connectivity index (χ3n) is 4.39. The normalized spacial score (nSPS) is 13.2. The van der Waals surface area contributed by atoms with Crippen molar-refractivity contribution in [2.24, 2.45) is 0 Å². The van der Waals surface area contributed by atoms with E-state index in [1.165, 1.54) is 0 Å². The summed E-state index contributed by atoms with van der Waals surface area (Å²) >= 11 is 3.52. The third kappa shape index (κ3) is 3.49. The molecule has 3 aromatic carbocycles. The van der Waals surface area contributed by atoms with Crippen molar-refractivity contribution in [2.45, 2.75) is 18.8 Å². The van der Waals surface area contributed by atoms with Crippen molar-refractivity contribution >= 4 is 21.7 Å². The molecule has 1 atom stereocenters. The van der Waals surface area contributed by atoms with Crippen LogP contribution in [0.4, 0.5) is 0 Å². The molecule has 0 aromatic heterocycles. The van der Waals surface area contributed by atoms with Crippen molar-refractivity contribution in [3.63, 3.8) is 0 Å². The Balaban J connectivity index is 2.06. The first-order valence-corrected chi connectivity index (χ1v) is 8.79. The monoisotopic (exact) mass is 378 g/mol. The van der Waals surface area contributed by atoms with Crippen LogP contribution in [-0.4, -0.2) is 5.78 Å². The van der Waals surface area contributed by atoms with E-state index in [4.69, 9.17) is 0 Å². The largest absolute Gasteiger partial charge is 0.293 e. The Kier molecular flexibility index (Phi) is 4.96. The van der Waals surface area contributed by atoms with Gasteiger partial charge in [0.25, 0.3) is 0 Å². The highest BCUT2D eigenvalue weighted by molar-refractivity contribution is 9.10. The molecule has 0 aliphatic carbocycles. The smallest absolute Gasteiger partial charge is 0.173 e. The van der Waals surface area contributed by atoms with Gasteiger partial charge >= 0.3 is 0 Å². The molecule has 0 heterocycles. The Morgan fingerprint density at radius 2 is 1.50 bits per heavy atom. The summed E-state index contributed by atoms with van der Waals surface area (Å²) in [5, 5.41) is 0. The van der Waals surface area contributed by atoms with Crippen LogP contribution in [-0.2, 0) is 11.8 Å². The second-order valence-corrected chi connectivity index (χ2v) is 7.12. The Morgan fingerprint density at radius 1 is 0.875 bits per heavy atom. The van der Waals surface area contributed by atoms with Crippen LogP contribution in [0.1, 0.15) is 28.4 Å². The molecule has 0 amide bonds. The molecule has 0 aliphatic rings. The van der Waals surface area contributed by atoms with Crippen LogP contribution in [0.2, 0.25) is 0 Å². The molecule has 0 N–H and O–H groups in total.